The van der Waals surface area contributed by atoms with Crippen molar-refractivity contribution in [2.75, 3.05) is 11.4 Å². The highest BCUT2D eigenvalue weighted by Crippen LogP contribution is 2.48. The molecule has 2 aliphatic rings. The Morgan fingerprint density at radius 3 is 2.00 bits per heavy atom. The number of unbranched alkanes of at least 4 members (excludes halogenated alkanes) is 1. The molecule has 0 spiro atoms. The minimum absolute atomic E-state index is 0.0231. The Bertz CT molecular complexity index is 1720. The fourth-order valence-corrected chi connectivity index (χ4v) is 6.25. The summed E-state index contributed by atoms with van der Waals surface area (Å²) in [5.74, 6) is 0. The van der Waals surface area contributed by atoms with Gasteiger partial charge in [-0.3, -0.25) is 0 Å². The fourth-order valence-electron chi connectivity index (χ4n) is 6.25. The number of benzene rings is 3. The number of aryl methyl sites for hydroxylation is 4. The molecule has 0 bridgehead atoms. The molecular formula is C53H73N. The maximum Gasteiger partial charge on any atom is 0.0450 e. The Hall–Kier alpha value is -4.62. The molecule has 3 aromatic rings. The van der Waals surface area contributed by atoms with E-state index in [4.69, 9.17) is 0 Å². The monoisotopic (exact) mass is 724 g/mol. The summed E-state index contributed by atoms with van der Waals surface area (Å²) in [5, 5.41) is 0. The van der Waals surface area contributed by atoms with Crippen molar-refractivity contribution in [3.63, 3.8) is 0 Å². The van der Waals surface area contributed by atoms with Crippen LogP contribution in [0.15, 0.2) is 165 Å². The first-order valence-electron chi connectivity index (χ1n) is 20.0. The highest BCUT2D eigenvalue weighted by atomic mass is 15.2. The number of nitrogens with zero attached hydrogens (tertiary/aromatic N) is 1. The van der Waals surface area contributed by atoms with Gasteiger partial charge in [0.25, 0.3) is 0 Å². The second kappa shape index (κ2) is 25.4. The first-order chi connectivity index (χ1) is 25.8. The van der Waals surface area contributed by atoms with Crippen LogP contribution in [0.1, 0.15) is 114 Å². The van der Waals surface area contributed by atoms with E-state index in [0.717, 1.165) is 25.8 Å². The van der Waals surface area contributed by atoms with Gasteiger partial charge in [-0.2, -0.15) is 0 Å². The summed E-state index contributed by atoms with van der Waals surface area (Å²) < 4.78 is 0. The quantitative estimate of drug-likeness (QED) is 0.157. The zero-order valence-corrected chi connectivity index (χ0v) is 36.0. The van der Waals surface area contributed by atoms with Gasteiger partial charge in [0.15, 0.2) is 0 Å². The molecule has 290 valence electrons. The maximum absolute atomic E-state index is 3.67. The molecule has 0 saturated heterocycles. The molecule has 1 aliphatic carbocycles. The number of allylic oxidation sites excluding steroid dienone is 13. The van der Waals surface area contributed by atoms with Gasteiger partial charge in [-0.05, 0) is 86.8 Å². The summed E-state index contributed by atoms with van der Waals surface area (Å²) in [7, 11) is 0. The highest BCUT2D eigenvalue weighted by molar-refractivity contribution is 5.71. The molecule has 0 N–H and O–H groups in total. The van der Waals surface area contributed by atoms with Gasteiger partial charge in [-0.15, -0.1) is 13.2 Å². The lowest BCUT2D eigenvalue weighted by molar-refractivity contribution is 0.530. The molecule has 1 heteroatoms. The second-order valence-electron chi connectivity index (χ2n) is 15.2. The summed E-state index contributed by atoms with van der Waals surface area (Å²) >= 11 is 0. The van der Waals surface area contributed by atoms with Gasteiger partial charge in [0.05, 0.1) is 0 Å². The molecule has 1 heterocycles. The van der Waals surface area contributed by atoms with E-state index in [9.17, 15) is 0 Å². The van der Waals surface area contributed by atoms with E-state index in [-0.39, 0.29) is 10.8 Å². The zero-order valence-electron chi connectivity index (χ0n) is 36.0. The van der Waals surface area contributed by atoms with E-state index in [1.807, 2.05) is 24.3 Å². The third-order valence-electron chi connectivity index (χ3n) is 9.54. The van der Waals surface area contributed by atoms with Crippen molar-refractivity contribution < 1.29 is 0 Å². The van der Waals surface area contributed by atoms with Gasteiger partial charge >= 0.3 is 0 Å². The van der Waals surface area contributed by atoms with Gasteiger partial charge in [0.2, 0.25) is 0 Å². The molecule has 0 aromatic heterocycles. The van der Waals surface area contributed by atoms with Crippen LogP contribution in [0, 0.1) is 27.7 Å². The van der Waals surface area contributed by atoms with Gasteiger partial charge in [0.1, 0.15) is 0 Å². The predicted octanol–water partition coefficient (Wildman–Crippen LogP) is 15.7. The van der Waals surface area contributed by atoms with Crippen LogP contribution in [0.4, 0.5) is 5.69 Å². The average molecular weight is 724 g/mol. The molecule has 0 unspecified atom stereocenters. The summed E-state index contributed by atoms with van der Waals surface area (Å²) in [6.07, 6.45) is 29.3. The Kier molecular flexibility index (Phi) is 22.3. The summed E-state index contributed by atoms with van der Waals surface area (Å²) in [4.78, 5) is 2.51. The van der Waals surface area contributed by atoms with E-state index in [1.54, 1.807) is 0 Å². The lowest BCUT2D eigenvalue weighted by Gasteiger charge is -2.26. The normalized spacial score (nSPS) is 14.7. The van der Waals surface area contributed by atoms with Crippen molar-refractivity contribution in [3.8, 4) is 0 Å². The van der Waals surface area contributed by atoms with Crippen LogP contribution in [0.2, 0.25) is 0 Å². The molecule has 0 amide bonds. The molecule has 54 heavy (non-hydrogen) atoms. The topological polar surface area (TPSA) is 3.24 Å². The molecule has 5 rings (SSSR count). The fraction of sp³-hybridized carbons (Fsp3) is 0.358. The van der Waals surface area contributed by atoms with Crippen molar-refractivity contribution in [1.29, 1.82) is 0 Å². The Balaban J connectivity index is 0.000000533. The minimum atomic E-state index is 0.0231. The van der Waals surface area contributed by atoms with Crippen LogP contribution >= 0.6 is 0 Å². The number of hydrogen-bond acceptors (Lipinski definition) is 1. The molecule has 0 atom stereocenters. The molecule has 1 aliphatic heterocycles. The average Bonchev–Trinajstić information content (AvgIpc) is 3.33. The van der Waals surface area contributed by atoms with Crippen LogP contribution in [-0.4, -0.2) is 6.54 Å². The van der Waals surface area contributed by atoms with Gasteiger partial charge < -0.3 is 4.90 Å². The van der Waals surface area contributed by atoms with E-state index >= 15 is 0 Å². The van der Waals surface area contributed by atoms with Crippen molar-refractivity contribution in [2.45, 2.75) is 119 Å². The molecule has 0 fully saturated rings. The van der Waals surface area contributed by atoms with Crippen LogP contribution < -0.4 is 4.90 Å². The van der Waals surface area contributed by atoms with E-state index in [0.29, 0.717) is 0 Å². The third-order valence-corrected chi connectivity index (χ3v) is 9.54. The molecule has 3 aromatic carbocycles. The number of hydrogen-bond donors (Lipinski definition) is 0. The smallest absolute Gasteiger partial charge is 0.0450 e. The van der Waals surface area contributed by atoms with Crippen molar-refractivity contribution in [3.05, 3.63) is 198 Å². The van der Waals surface area contributed by atoms with Crippen molar-refractivity contribution >= 4 is 5.69 Å². The first kappa shape index (κ1) is 47.4. The largest absolute Gasteiger partial charge is 0.344 e. The lowest BCUT2D eigenvalue weighted by atomic mass is 9.78. The minimum Gasteiger partial charge on any atom is -0.344 e. The molecule has 0 saturated carbocycles. The second-order valence-corrected chi connectivity index (χ2v) is 15.2. The molecule has 1 nitrogen and oxygen atoms in total. The van der Waals surface area contributed by atoms with Crippen molar-refractivity contribution in [2.24, 2.45) is 0 Å². The standard InChI is InChI=1S/C31H41N.C9H10.C7H8.C4H10.C2H4/c1-9-20-32-28-18-16-24(3)22-27(28)31(7,8)29(32)14-12-10-11-13-19-30(5,6)26-21-23(2)15-17-25(26)4;1-2-9-7-5-3-4-6-8-9;1-7-5-3-2-4-6-7;1-3-4-2;1-2/h10-18,21-22H,9,19-20H2,1-8H3;2-3,5-8H,1,4H2;2-6H,1H3;3-4H2,1-2H3;1-2H2/b12-10+,13-11+,29-14+;;;;. The number of fused-ring (bicyclic) bond motifs is 1. The Morgan fingerprint density at radius 2 is 1.41 bits per heavy atom. The highest BCUT2D eigenvalue weighted by Gasteiger charge is 2.39. The summed E-state index contributed by atoms with van der Waals surface area (Å²) in [6.45, 7) is 35.4. The van der Waals surface area contributed by atoms with Crippen LogP contribution in [-0.2, 0) is 10.8 Å². The van der Waals surface area contributed by atoms with Crippen LogP contribution in [0.5, 0.6) is 0 Å². The van der Waals surface area contributed by atoms with E-state index < -0.39 is 0 Å². The summed E-state index contributed by atoms with van der Waals surface area (Å²) in [5.41, 5.74) is 12.4. The third kappa shape index (κ3) is 15.8. The lowest BCUT2D eigenvalue weighted by Crippen LogP contribution is -2.26. The number of anilines is 1. The number of rotatable bonds is 9. The first-order valence-corrected chi connectivity index (χ1v) is 20.0. The Morgan fingerprint density at radius 1 is 0.759 bits per heavy atom. The summed E-state index contributed by atoms with van der Waals surface area (Å²) in [6, 6.07) is 23.9. The van der Waals surface area contributed by atoms with Crippen LogP contribution in [0.25, 0.3) is 0 Å². The SMILES string of the molecule is C=C.C=CC1=CC=CCC=C1.CCCC.CCCN1/C(=C/C=C/C=C/CC(C)(C)c2cc(C)ccc2C)C(C)(C)c2cc(C)ccc21.Cc1ccccc1. The molecule has 0 radical (unpaired) electrons. The predicted molar refractivity (Wildman–Crippen MR) is 246 cm³/mol. The van der Waals surface area contributed by atoms with Gasteiger partial charge in [0, 0.05) is 23.3 Å². The Labute approximate surface area is 333 Å². The van der Waals surface area contributed by atoms with Gasteiger partial charge in [-0.25, -0.2) is 0 Å². The zero-order chi connectivity index (χ0) is 40.6. The van der Waals surface area contributed by atoms with Crippen LogP contribution in [0.3, 0.4) is 0 Å². The van der Waals surface area contributed by atoms with Crippen molar-refractivity contribution in [1.82, 2.24) is 0 Å². The van der Waals surface area contributed by atoms with E-state index in [2.05, 4.69) is 210 Å². The maximum atomic E-state index is 3.67. The van der Waals surface area contributed by atoms with Gasteiger partial charge in [-0.1, -0.05) is 206 Å². The molecular weight excluding hydrogens is 651 g/mol. The van der Waals surface area contributed by atoms with E-state index in [1.165, 1.54) is 63.2 Å².